The molecule has 3 aromatic rings. The molecule has 8 heteroatoms. The third-order valence-corrected chi connectivity index (χ3v) is 4.37. The molecule has 2 amide bonds. The number of nitrogens with one attached hydrogen (secondary N) is 1. The van der Waals surface area contributed by atoms with Crippen LogP contribution in [0.5, 0.6) is 5.88 Å². The number of nitrogens with zero attached hydrogens (tertiary/aromatic N) is 4. The maximum Gasteiger partial charge on any atom is 0.323 e. The summed E-state index contributed by atoms with van der Waals surface area (Å²) in [5, 5.41) is 10.4. The van der Waals surface area contributed by atoms with Crippen molar-refractivity contribution in [1.29, 1.82) is 0 Å². The van der Waals surface area contributed by atoms with Crippen molar-refractivity contribution < 1.29 is 13.9 Å². The van der Waals surface area contributed by atoms with Crippen molar-refractivity contribution in [3.8, 4) is 17.0 Å². The number of anilines is 1. The summed E-state index contributed by atoms with van der Waals surface area (Å²) in [5.41, 5.74) is 2.09. The standard InChI is InChI=1S/C20H18FN5O2/c1-13-8-18(25-23-9-13)24-20(27)26-11-15(12-26)28-19-7-6-14(10-22-19)16-4-2-3-5-17(16)21/h2-10,15H,11-12H2,1H3,(H,24,25,27). The minimum atomic E-state index is -0.295. The van der Waals surface area contributed by atoms with Gasteiger partial charge in [-0.1, -0.05) is 18.2 Å². The second-order valence-electron chi connectivity index (χ2n) is 6.56. The molecule has 142 valence electrons. The molecule has 1 aliphatic heterocycles. The lowest BCUT2D eigenvalue weighted by Gasteiger charge is -2.38. The number of amides is 2. The molecule has 1 aliphatic rings. The van der Waals surface area contributed by atoms with E-state index in [1.54, 1.807) is 53.7 Å². The Morgan fingerprint density at radius 2 is 2.04 bits per heavy atom. The van der Waals surface area contributed by atoms with Gasteiger partial charge in [0, 0.05) is 23.4 Å². The molecule has 0 unspecified atom stereocenters. The topological polar surface area (TPSA) is 80.2 Å². The third kappa shape index (κ3) is 3.90. The number of urea groups is 1. The summed E-state index contributed by atoms with van der Waals surface area (Å²) in [6, 6.07) is 11.5. The summed E-state index contributed by atoms with van der Waals surface area (Å²) in [6.45, 7) is 2.77. The van der Waals surface area contributed by atoms with Gasteiger partial charge in [0.2, 0.25) is 5.88 Å². The lowest BCUT2D eigenvalue weighted by Crippen LogP contribution is -2.57. The van der Waals surface area contributed by atoms with Crippen LogP contribution in [-0.4, -0.2) is 45.3 Å². The fraction of sp³-hybridized carbons (Fsp3) is 0.200. The van der Waals surface area contributed by atoms with E-state index in [0.717, 1.165) is 5.56 Å². The van der Waals surface area contributed by atoms with Gasteiger partial charge in [-0.25, -0.2) is 14.2 Å². The van der Waals surface area contributed by atoms with Gasteiger partial charge in [0.25, 0.3) is 0 Å². The number of aryl methyl sites for hydroxylation is 1. The first-order valence-electron chi connectivity index (χ1n) is 8.81. The molecule has 3 heterocycles. The van der Waals surface area contributed by atoms with Crippen LogP contribution in [0.25, 0.3) is 11.1 Å². The predicted octanol–water partition coefficient (Wildman–Crippen LogP) is 3.28. The van der Waals surface area contributed by atoms with E-state index in [-0.39, 0.29) is 18.0 Å². The fourth-order valence-corrected chi connectivity index (χ4v) is 2.87. The lowest BCUT2D eigenvalue weighted by atomic mass is 10.1. The van der Waals surface area contributed by atoms with E-state index in [0.29, 0.717) is 35.9 Å². The van der Waals surface area contributed by atoms with Gasteiger partial charge in [-0.2, -0.15) is 5.10 Å². The van der Waals surface area contributed by atoms with Crippen LogP contribution in [0.3, 0.4) is 0 Å². The Morgan fingerprint density at radius 3 is 2.75 bits per heavy atom. The molecule has 0 radical (unpaired) electrons. The number of rotatable bonds is 4. The summed E-state index contributed by atoms with van der Waals surface area (Å²) >= 11 is 0. The Labute approximate surface area is 161 Å². The van der Waals surface area contributed by atoms with Crippen LogP contribution in [0.4, 0.5) is 15.0 Å². The van der Waals surface area contributed by atoms with Gasteiger partial charge in [-0.15, -0.1) is 5.10 Å². The Morgan fingerprint density at radius 1 is 1.21 bits per heavy atom. The zero-order valence-electron chi connectivity index (χ0n) is 15.2. The zero-order valence-corrected chi connectivity index (χ0v) is 15.2. The number of hydrogen-bond acceptors (Lipinski definition) is 5. The van der Waals surface area contributed by atoms with Crippen molar-refractivity contribution >= 4 is 11.8 Å². The van der Waals surface area contributed by atoms with Gasteiger partial charge >= 0.3 is 6.03 Å². The van der Waals surface area contributed by atoms with Gasteiger partial charge in [0.05, 0.1) is 19.3 Å². The highest BCUT2D eigenvalue weighted by Crippen LogP contribution is 2.24. The quantitative estimate of drug-likeness (QED) is 0.752. The van der Waals surface area contributed by atoms with Crippen LogP contribution >= 0.6 is 0 Å². The molecule has 4 rings (SSSR count). The zero-order chi connectivity index (χ0) is 19.5. The third-order valence-electron chi connectivity index (χ3n) is 4.37. The number of carbonyl (C=O) groups is 1. The van der Waals surface area contributed by atoms with Gasteiger partial charge in [0.1, 0.15) is 11.9 Å². The first-order chi connectivity index (χ1) is 13.6. The van der Waals surface area contributed by atoms with E-state index in [4.69, 9.17) is 4.74 Å². The summed E-state index contributed by atoms with van der Waals surface area (Å²) in [6.07, 6.45) is 3.06. The molecular formula is C20H18FN5O2. The van der Waals surface area contributed by atoms with Crippen molar-refractivity contribution in [2.24, 2.45) is 0 Å². The summed E-state index contributed by atoms with van der Waals surface area (Å²) in [5.74, 6) is 0.561. The molecule has 1 saturated heterocycles. The Bertz CT molecular complexity index is 990. The molecule has 1 aromatic carbocycles. The molecule has 28 heavy (non-hydrogen) atoms. The molecule has 0 atom stereocenters. The molecule has 2 aromatic heterocycles. The van der Waals surface area contributed by atoms with E-state index >= 15 is 0 Å². The molecule has 0 saturated carbocycles. The first kappa shape index (κ1) is 17.8. The van der Waals surface area contributed by atoms with Gasteiger partial charge in [0.15, 0.2) is 5.82 Å². The fourth-order valence-electron chi connectivity index (χ4n) is 2.87. The van der Waals surface area contributed by atoms with Gasteiger partial charge < -0.3 is 9.64 Å². The normalized spacial score (nSPS) is 13.7. The number of ether oxygens (including phenoxy) is 1. The highest BCUT2D eigenvalue weighted by molar-refractivity contribution is 5.88. The van der Waals surface area contributed by atoms with Gasteiger partial charge in [-0.3, -0.25) is 5.32 Å². The van der Waals surface area contributed by atoms with Crippen molar-refractivity contribution in [3.05, 3.63) is 66.2 Å². The molecule has 0 spiro atoms. The number of likely N-dealkylation sites (tertiary alicyclic amines) is 1. The number of hydrogen-bond donors (Lipinski definition) is 1. The largest absolute Gasteiger partial charge is 0.471 e. The van der Waals surface area contributed by atoms with E-state index in [1.165, 1.54) is 6.07 Å². The van der Waals surface area contributed by atoms with Crippen LogP contribution < -0.4 is 10.1 Å². The minimum Gasteiger partial charge on any atom is -0.471 e. The monoisotopic (exact) mass is 379 g/mol. The molecule has 0 bridgehead atoms. The second kappa shape index (κ2) is 7.59. The summed E-state index contributed by atoms with van der Waals surface area (Å²) in [7, 11) is 0. The second-order valence-corrected chi connectivity index (χ2v) is 6.56. The van der Waals surface area contributed by atoms with E-state index < -0.39 is 0 Å². The maximum atomic E-state index is 13.8. The lowest BCUT2D eigenvalue weighted by molar-refractivity contribution is 0.0461. The highest BCUT2D eigenvalue weighted by Gasteiger charge is 2.32. The number of aromatic nitrogens is 3. The Balaban J connectivity index is 1.30. The van der Waals surface area contributed by atoms with Crippen LogP contribution in [0.1, 0.15) is 5.56 Å². The maximum absolute atomic E-state index is 13.8. The number of benzene rings is 1. The summed E-state index contributed by atoms with van der Waals surface area (Å²) in [4.78, 5) is 18.0. The van der Waals surface area contributed by atoms with E-state index in [2.05, 4.69) is 20.5 Å². The SMILES string of the molecule is Cc1cnnc(NC(=O)N2CC(Oc3ccc(-c4ccccc4F)cn3)C2)c1. The molecular weight excluding hydrogens is 361 g/mol. The Hall–Kier alpha value is -3.55. The van der Waals surface area contributed by atoms with Crippen molar-refractivity contribution in [2.75, 3.05) is 18.4 Å². The molecule has 0 aliphatic carbocycles. The molecule has 1 N–H and O–H groups in total. The average molecular weight is 379 g/mol. The van der Waals surface area contributed by atoms with Crippen molar-refractivity contribution in [1.82, 2.24) is 20.1 Å². The van der Waals surface area contributed by atoms with Crippen LogP contribution in [0, 0.1) is 12.7 Å². The number of halogens is 1. The van der Waals surface area contributed by atoms with Crippen molar-refractivity contribution in [3.63, 3.8) is 0 Å². The van der Waals surface area contributed by atoms with E-state index in [9.17, 15) is 9.18 Å². The smallest absolute Gasteiger partial charge is 0.323 e. The van der Waals surface area contributed by atoms with Crippen LogP contribution in [0.15, 0.2) is 54.9 Å². The molecule has 1 fully saturated rings. The predicted molar refractivity (Wildman–Crippen MR) is 101 cm³/mol. The van der Waals surface area contributed by atoms with Crippen molar-refractivity contribution in [2.45, 2.75) is 13.0 Å². The average Bonchev–Trinajstić information content (AvgIpc) is 2.65. The molecule has 7 nitrogen and oxygen atoms in total. The van der Waals surface area contributed by atoms with E-state index in [1.807, 2.05) is 6.92 Å². The van der Waals surface area contributed by atoms with Crippen LogP contribution in [0.2, 0.25) is 0 Å². The van der Waals surface area contributed by atoms with Crippen LogP contribution in [-0.2, 0) is 0 Å². The van der Waals surface area contributed by atoms with Gasteiger partial charge in [-0.05, 0) is 30.7 Å². The number of pyridine rings is 1. The summed E-state index contributed by atoms with van der Waals surface area (Å²) < 4.78 is 19.6. The minimum absolute atomic E-state index is 0.138. The number of carbonyl (C=O) groups excluding carboxylic acids is 1. The highest BCUT2D eigenvalue weighted by atomic mass is 19.1. The Kier molecular flexibility index (Phi) is 4.84. The first-order valence-corrected chi connectivity index (χ1v) is 8.81.